The molecule has 0 saturated heterocycles. The number of nitrogens with two attached hydrogens (primary N) is 1. The van der Waals surface area contributed by atoms with Crippen molar-refractivity contribution in [3.05, 3.63) is 65.2 Å². The van der Waals surface area contributed by atoms with Crippen molar-refractivity contribution in [3.63, 3.8) is 0 Å². The van der Waals surface area contributed by atoms with E-state index in [0.29, 0.717) is 6.42 Å². The molecule has 0 bridgehead atoms. The number of rotatable bonds is 4. The highest BCUT2D eigenvalue weighted by atomic mass is 16.5. The van der Waals surface area contributed by atoms with E-state index in [1.165, 1.54) is 5.56 Å². The molecule has 0 aliphatic carbocycles. The summed E-state index contributed by atoms with van der Waals surface area (Å²) in [6.45, 7) is 0.737. The Bertz CT molecular complexity index is 583. The van der Waals surface area contributed by atoms with Crippen LogP contribution in [-0.4, -0.2) is 17.8 Å². The lowest BCUT2D eigenvalue weighted by Gasteiger charge is -2.20. The van der Waals surface area contributed by atoms with Gasteiger partial charge >= 0.3 is 0 Å². The first kappa shape index (κ1) is 13.2. The second-order valence-electron chi connectivity index (χ2n) is 5.25. The fourth-order valence-corrected chi connectivity index (χ4v) is 2.62. The van der Waals surface area contributed by atoms with Gasteiger partial charge in [-0.25, -0.2) is 0 Å². The van der Waals surface area contributed by atoms with Crippen molar-refractivity contribution < 1.29 is 9.84 Å². The SMILES string of the molecule is N[C@@H](c1ccc2c(c1)CCO2)[C@H](O)Cc1ccccc1. The molecule has 0 unspecified atom stereocenters. The van der Waals surface area contributed by atoms with Crippen LogP contribution in [0.1, 0.15) is 22.7 Å². The normalized spacial score (nSPS) is 16.3. The second-order valence-corrected chi connectivity index (χ2v) is 5.25. The van der Waals surface area contributed by atoms with Gasteiger partial charge in [-0.3, -0.25) is 0 Å². The van der Waals surface area contributed by atoms with Gasteiger partial charge in [0, 0.05) is 12.8 Å². The van der Waals surface area contributed by atoms with E-state index in [2.05, 4.69) is 6.07 Å². The fourth-order valence-electron chi connectivity index (χ4n) is 2.62. The number of benzene rings is 2. The molecule has 3 rings (SSSR count). The summed E-state index contributed by atoms with van der Waals surface area (Å²) in [6, 6.07) is 15.5. The highest BCUT2D eigenvalue weighted by Crippen LogP contribution is 2.28. The Hall–Kier alpha value is -1.84. The highest BCUT2D eigenvalue weighted by Gasteiger charge is 2.20. The molecule has 20 heavy (non-hydrogen) atoms. The molecule has 0 saturated carbocycles. The number of aliphatic hydroxyl groups excluding tert-OH is 1. The van der Waals surface area contributed by atoms with E-state index in [1.54, 1.807) is 0 Å². The molecule has 2 atom stereocenters. The van der Waals surface area contributed by atoms with Gasteiger partial charge < -0.3 is 15.6 Å². The minimum atomic E-state index is -0.585. The van der Waals surface area contributed by atoms with Gasteiger partial charge in [0.1, 0.15) is 5.75 Å². The van der Waals surface area contributed by atoms with Gasteiger partial charge in [-0.2, -0.15) is 0 Å². The molecule has 2 aromatic rings. The minimum Gasteiger partial charge on any atom is -0.493 e. The van der Waals surface area contributed by atoms with E-state index in [4.69, 9.17) is 10.5 Å². The molecule has 0 aromatic heterocycles. The van der Waals surface area contributed by atoms with Crippen LogP contribution in [-0.2, 0) is 12.8 Å². The summed E-state index contributed by atoms with van der Waals surface area (Å²) in [7, 11) is 0. The lowest BCUT2D eigenvalue weighted by Crippen LogP contribution is -2.28. The minimum absolute atomic E-state index is 0.374. The van der Waals surface area contributed by atoms with Crippen LogP contribution in [0.3, 0.4) is 0 Å². The summed E-state index contributed by atoms with van der Waals surface area (Å²) < 4.78 is 5.49. The Morgan fingerprint density at radius 3 is 2.75 bits per heavy atom. The number of fused-ring (bicyclic) bond motifs is 1. The molecule has 2 aromatic carbocycles. The Morgan fingerprint density at radius 1 is 1.15 bits per heavy atom. The molecule has 0 spiro atoms. The summed E-state index contributed by atoms with van der Waals surface area (Å²) in [5.41, 5.74) is 9.44. The Balaban J connectivity index is 1.73. The fraction of sp³-hybridized carbons (Fsp3) is 0.294. The van der Waals surface area contributed by atoms with Crippen LogP contribution < -0.4 is 10.5 Å². The van der Waals surface area contributed by atoms with Crippen LogP contribution in [0.2, 0.25) is 0 Å². The maximum Gasteiger partial charge on any atom is 0.122 e. The van der Waals surface area contributed by atoms with Gasteiger partial charge in [0.2, 0.25) is 0 Å². The molecule has 1 aliphatic rings. The van der Waals surface area contributed by atoms with Crippen LogP contribution in [0.4, 0.5) is 0 Å². The van der Waals surface area contributed by atoms with Crippen molar-refractivity contribution in [1.29, 1.82) is 0 Å². The van der Waals surface area contributed by atoms with Gasteiger partial charge in [-0.1, -0.05) is 42.5 Å². The van der Waals surface area contributed by atoms with Crippen molar-refractivity contribution in [1.82, 2.24) is 0 Å². The third-order valence-corrected chi connectivity index (χ3v) is 3.80. The number of aliphatic hydroxyl groups is 1. The third kappa shape index (κ3) is 2.69. The van der Waals surface area contributed by atoms with E-state index >= 15 is 0 Å². The second kappa shape index (κ2) is 5.65. The quantitative estimate of drug-likeness (QED) is 0.895. The van der Waals surface area contributed by atoms with Crippen molar-refractivity contribution in [2.45, 2.75) is 25.0 Å². The van der Waals surface area contributed by atoms with Crippen LogP contribution >= 0.6 is 0 Å². The first-order valence-electron chi connectivity index (χ1n) is 6.97. The molecule has 3 nitrogen and oxygen atoms in total. The maximum atomic E-state index is 10.3. The zero-order valence-electron chi connectivity index (χ0n) is 11.3. The molecule has 1 aliphatic heterocycles. The van der Waals surface area contributed by atoms with Crippen LogP contribution in [0.15, 0.2) is 48.5 Å². The van der Waals surface area contributed by atoms with Crippen LogP contribution in [0, 0.1) is 0 Å². The molecular formula is C17H19NO2. The third-order valence-electron chi connectivity index (χ3n) is 3.80. The van der Waals surface area contributed by atoms with Gasteiger partial charge in [0.25, 0.3) is 0 Å². The predicted molar refractivity (Wildman–Crippen MR) is 78.7 cm³/mol. The van der Waals surface area contributed by atoms with Gasteiger partial charge in [0.15, 0.2) is 0 Å². The molecule has 0 radical (unpaired) electrons. The molecule has 3 heteroatoms. The van der Waals surface area contributed by atoms with E-state index in [0.717, 1.165) is 29.9 Å². The zero-order valence-corrected chi connectivity index (χ0v) is 11.3. The summed E-state index contributed by atoms with van der Waals surface area (Å²) in [5.74, 6) is 0.943. The lowest BCUT2D eigenvalue weighted by atomic mass is 9.95. The molecule has 1 heterocycles. The van der Waals surface area contributed by atoms with Crippen molar-refractivity contribution >= 4 is 0 Å². The molecule has 0 fully saturated rings. The van der Waals surface area contributed by atoms with E-state index in [-0.39, 0.29) is 6.04 Å². The average Bonchev–Trinajstić information content (AvgIpc) is 2.94. The molecule has 104 valence electrons. The average molecular weight is 269 g/mol. The van der Waals surface area contributed by atoms with E-state index in [1.807, 2.05) is 42.5 Å². The Kier molecular flexibility index (Phi) is 3.72. The van der Waals surface area contributed by atoms with Crippen molar-refractivity contribution in [2.24, 2.45) is 5.73 Å². The largest absolute Gasteiger partial charge is 0.493 e. The summed E-state index contributed by atoms with van der Waals surface area (Å²) in [4.78, 5) is 0. The highest BCUT2D eigenvalue weighted by molar-refractivity contribution is 5.41. The van der Waals surface area contributed by atoms with Crippen LogP contribution in [0.25, 0.3) is 0 Å². The Labute approximate surface area is 119 Å². The maximum absolute atomic E-state index is 10.3. The molecule has 3 N–H and O–H groups in total. The topological polar surface area (TPSA) is 55.5 Å². The van der Waals surface area contributed by atoms with E-state index < -0.39 is 6.10 Å². The molecular weight excluding hydrogens is 250 g/mol. The standard InChI is InChI=1S/C17H19NO2/c18-17(15(19)10-12-4-2-1-3-5-12)14-6-7-16-13(11-14)8-9-20-16/h1-7,11,15,17,19H,8-10,18H2/t15-,17+/m1/s1. The summed E-state index contributed by atoms with van der Waals surface area (Å²) in [5, 5.41) is 10.3. The summed E-state index contributed by atoms with van der Waals surface area (Å²) in [6.07, 6.45) is 0.901. The first-order chi connectivity index (χ1) is 9.74. The van der Waals surface area contributed by atoms with Crippen molar-refractivity contribution in [3.8, 4) is 5.75 Å². The lowest BCUT2D eigenvalue weighted by molar-refractivity contribution is 0.145. The predicted octanol–water partition coefficient (Wildman–Crippen LogP) is 2.22. The molecule has 0 amide bonds. The number of hydrogen-bond acceptors (Lipinski definition) is 3. The summed E-state index contributed by atoms with van der Waals surface area (Å²) >= 11 is 0. The van der Waals surface area contributed by atoms with Gasteiger partial charge in [-0.05, 0) is 22.8 Å². The van der Waals surface area contributed by atoms with Crippen molar-refractivity contribution in [2.75, 3.05) is 6.61 Å². The van der Waals surface area contributed by atoms with Crippen LogP contribution in [0.5, 0.6) is 5.75 Å². The van der Waals surface area contributed by atoms with E-state index in [9.17, 15) is 5.11 Å². The smallest absolute Gasteiger partial charge is 0.122 e. The number of ether oxygens (including phenoxy) is 1. The van der Waals surface area contributed by atoms with Gasteiger partial charge in [-0.15, -0.1) is 0 Å². The first-order valence-corrected chi connectivity index (χ1v) is 6.97. The number of hydrogen-bond donors (Lipinski definition) is 2. The Morgan fingerprint density at radius 2 is 1.95 bits per heavy atom. The monoisotopic (exact) mass is 269 g/mol. The van der Waals surface area contributed by atoms with Gasteiger partial charge in [0.05, 0.1) is 18.8 Å². The zero-order chi connectivity index (χ0) is 13.9.